The Morgan fingerprint density at radius 2 is 1.93 bits per heavy atom. The zero-order valence-corrected chi connectivity index (χ0v) is 16.4. The van der Waals surface area contributed by atoms with Crippen LogP contribution in [0.3, 0.4) is 0 Å². The Kier molecular flexibility index (Phi) is 5.77. The van der Waals surface area contributed by atoms with Crippen LogP contribution in [0.25, 0.3) is 0 Å². The molecule has 0 unspecified atom stereocenters. The maximum absolute atomic E-state index is 12.3. The standard InChI is InChI=1S/C17H18N6O2S2/c1-10(24)23(12-5-3-4-6-13(12)25-2)17-20-11(9-27-17)8-26-16-21-14(18)7-15(19)22-16/h3-7,9H,8H2,1-2H3,(H4,18,19,21,22). The van der Waals surface area contributed by atoms with Crippen LogP contribution < -0.4 is 21.1 Å². The van der Waals surface area contributed by atoms with E-state index in [2.05, 4.69) is 15.0 Å². The summed E-state index contributed by atoms with van der Waals surface area (Å²) in [5.74, 6) is 1.62. The number of methoxy groups -OCH3 is 1. The maximum Gasteiger partial charge on any atom is 0.230 e. The summed E-state index contributed by atoms with van der Waals surface area (Å²) >= 11 is 2.75. The van der Waals surface area contributed by atoms with Crippen molar-refractivity contribution in [2.45, 2.75) is 17.8 Å². The first-order valence-electron chi connectivity index (χ1n) is 7.89. The number of ether oxygens (including phenoxy) is 1. The minimum absolute atomic E-state index is 0.153. The lowest BCUT2D eigenvalue weighted by Crippen LogP contribution is -2.23. The number of aromatic nitrogens is 3. The Bertz CT molecular complexity index is 942. The lowest BCUT2D eigenvalue weighted by molar-refractivity contribution is -0.115. The third-order valence-corrected chi connectivity index (χ3v) is 5.22. The molecule has 2 heterocycles. The summed E-state index contributed by atoms with van der Waals surface area (Å²) in [6.45, 7) is 1.49. The van der Waals surface area contributed by atoms with Crippen molar-refractivity contribution in [1.29, 1.82) is 0 Å². The SMILES string of the molecule is COc1ccccc1N(C(C)=O)c1nc(CSc2nc(N)cc(N)n2)cs1. The van der Waals surface area contributed by atoms with Crippen LogP contribution in [0.2, 0.25) is 0 Å². The van der Waals surface area contributed by atoms with Gasteiger partial charge in [0.25, 0.3) is 0 Å². The zero-order valence-electron chi connectivity index (χ0n) is 14.7. The Morgan fingerprint density at radius 3 is 2.59 bits per heavy atom. The number of rotatable bonds is 6. The number of para-hydroxylation sites is 2. The molecule has 0 atom stereocenters. The first-order valence-corrected chi connectivity index (χ1v) is 9.75. The molecule has 0 radical (unpaired) electrons. The van der Waals surface area contributed by atoms with Crippen molar-refractivity contribution in [3.63, 3.8) is 0 Å². The Labute approximate surface area is 164 Å². The number of hydrogen-bond acceptors (Lipinski definition) is 9. The molecule has 8 nitrogen and oxygen atoms in total. The fourth-order valence-corrected chi connectivity index (χ4v) is 4.10. The molecule has 3 aromatic rings. The smallest absolute Gasteiger partial charge is 0.230 e. The van der Waals surface area contributed by atoms with E-state index in [0.717, 1.165) is 5.69 Å². The van der Waals surface area contributed by atoms with E-state index in [1.54, 1.807) is 13.2 Å². The highest BCUT2D eigenvalue weighted by Crippen LogP contribution is 2.36. The topological polar surface area (TPSA) is 120 Å². The average molecular weight is 403 g/mol. The van der Waals surface area contributed by atoms with Gasteiger partial charge in [0, 0.05) is 24.1 Å². The predicted octanol–water partition coefficient (Wildman–Crippen LogP) is 3.08. The first-order chi connectivity index (χ1) is 13.0. The highest BCUT2D eigenvalue weighted by Gasteiger charge is 2.21. The number of carbonyl (C=O) groups excluding carboxylic acids is 1. The molecular weight excluding hydrogens is 384 g/mol. The van der Waals surface area contributed by atoms with Gasteiger partial charge in [0.2, 0.25) is 5.91 Å². The van der Waals surface area contributed by atoms with Gasteiger partial charge in [-0.05, 0) is 12.1 Å². The van der Waals surface area contributed by atoms with Gasteiger partial charge < -0.3 is 16.2 Å². The molecule has 4 N–H and O–H groups in total. The summed E-state index contributed by atoms with van der Waals surface area (Å²) in [7, 11) is 1.57. The number of amides is 1. The Morgan fingerprint density at radius 1 is 1.22 bits per heavy atom. The van der Waals surface area contributed by atoms with Crippen LogP contribution in [0.5, 0.6) is 5.75 Å². The van der Waals surface area contributed by atoms with Gasteiger partial charge in [-0.3, -0.25) is 9.69 Å². The van der Waals surface area contributed by atoms with Crippen LogP contribution in [0.15, 0.2) is 40.9 Å². The lowest BCUT2D eigenvalue weighted by atomic mass is 10.2. The van der Waals surface area contributed by atoms with Crippen molar-refractivity contribution < 1.29 is 9.53 Å². The summed E-state index contributed by atoms with van der Waals surface area (Å²) in [5.41, 5.74) is 12.8. The molecule has 0 aliphatic heterocycles. The Balaban J connectivity index is 1.81. The fourth-order valence-electron chi connectivity index (χ4n) is 2.35. The molecule has 27 heavy (non-hydrogen) atoms. The van der Waals surface area contributed by atoms with Crippen molar-refractivity contribution >= 4 is 51.5 Å². The molecule has 0 saturated carbocycles. The fraction of sp³-hybridized carbons (Fsp3) is 0.176. The van der Waals surface area contributed by atoms with Crippen molar-refractivity contribution in [3.05, 3.63) is 41.4 Å². The number of nitrogen functional groups attached to an aromatic ring is 2. The van der Waals surface area contributed by atoms with Crippen molar-refractivity contribution in [1.82, 2.24) is 15.0 Å². The van der Waals surface area contributed by atoms with Crippen molar-refractivity contribution in [3.8, 4) is 5.75 Å². The van der Waals surface area contributed by atoms with E-state index in [-0.39, 0.29) is 5.91 Å². The second kappa shape index (κ2) is 8.23. The van der Waals surface area contributed by atoms with Gasteiger partial charge in [0.05, 0.1) is 18.5 Å². The van der Waals surface area contributed by atoms with E-state index in [1.165, 1.54) is 41.0 Å². The van der Waals surface area contributed by atoms with Crippen LogP contribution in [0.1, 0.15) is 12.6 Å². The molecule has 0 aliphatic carbocycles. The first kappa shape index (κ1) is 18.9. The number of nitrogens with zero attached hydrogens (tertiary/aromatic N) is 4. The van der Waals surface area contributed by atoms with Crippen molar-refractivity contribution in [2.24, 2.45) is 0 Å². The monoisotopic (exact) mass is 402 g/mol. The molecule has 0 aliphatic rings. The van der Waals surface area contributed by atoms with Gasteiger partial charge in [0.15, 0.2) is 10.3 Å². The van der Waals surface area contributed by atoms with Gasteiger partial charge in [-0.1, -0.05) is 23.9 Å². The second-order valence-electron chi connectivity index (χ2n) is 5.44. The van der Waals surface area contributed by atoms with Crippen LogP contribution in [-0.4, -0.2) is 28.0 Å². The zero-order chi connectivity index (χ0) is 19.4. The number of nitrogens with two attached hydrogens (primary N) is 2. The highest BCUT2D eigenvalue weighted by atomic mass is 32.2. The minimum atomic E-state index is -0.153. The van der Waals surface area contributed by atoms with E-state index in [1.807, 2.05) is 23.6 Å². The molecule has 10 heteroatoms. The van der Waals surface area contributed by atoms with Gasteiger partial charge >= 0.3 is 0 Å². The molecule has 140 valence electrons. The number of carbonyl (C=O) groups is 1. The van der Waals surface area contributed by atoms with Gasteiger partial charge in [-0.2, -0.15) is 0 Å². The minimum Gasteiger partial charge on any atom is -0.495 e. The summed E-state index contributed by atoms with van der Waals surface area (Å²) in [6.07, 6.45) is 0. The van der Waals surface area contributed by atoms with Crippen LogP contribution in [-0.2, 0) is 10.5 Å². The van der Waals surface area contributed by atoms with Crippen LogP contribution >= 0.6 is 23.1 Å². The number of thiazole rings is 1. The lowest BCUT2D eigenvalue weighted by Gasteiger charge is -2.20. The number of thioether (sulfide) groups is 1. The van der Waals surface area contributed by atoms with E-state index < -0.39 is 0 Å². The third kappa shape index (κ3) is 4.47. The maximum atomic E-state index is 12.3. The third-order valence-electron chi connectivity index (χ3n) is 3.47. The summed E-state index contributed by atoms with van der Waals surface area (Å²) in [4.78, 5) is 26.6. The number of hydrogen-bond donors (Lipinski definition) is 2. The molecule has 1 amide bonds. The van der Waals surface area contributed by atoms with E-state index >= 15 is 0 Å². The van der Waals surface area contributed by atoms with E-state index in [9.17, 15) is 4.79 Å². The molecule has 0 spiro atoms. The second-order valence-corrected chi connectivity index (χ2v) is 7.22. The molecule has 2 aromatic heterocycles. The number of benzene rings is 1. The predicted molar refractivity (Wildman–Crippen MR) is 108 cm³/mol. The summed E-state index contributed by atoms with van der Waals surface area (Å²) < 4.78 is 5.37. The van der Waals surface area contributed by atoms with Gasteiger partial charge in [0.1, 0.15) is 17.4 Å². The molecular formula is C17H18N6O2S2. The quantitative estimate of drug-likeness (QED) is 0.477. The van der Waals surface area contributed by atoms with Gasteiger partial charge in [-0.25, -0.2) is 15.0 Å². The molecule has 0 bridgehead atoms. The molecule has 0 fully saturated rings. The summed E-state index contributed by atoms with van der Waals surface area (Å²) in [5, 5.41) is 2.94. The molecule has 3 rings (SSSR count). The largest absolute Gasteiger partial charge is 0.495 e. The van der Waals surface area contributed by atoms with Crippen molar-refractivity contribution in [2.75, 3.05) is 23.5 Å². The normalized spacial score (nSPS) is 10.6. The average Bonchev–Trinajstić information content (AvgIpc) is 3.08. The Hall–Kier alpha value is -2.85. The van der Waals surface area contributed by atoms with Gasteiger partial charge in [-0.15, -0.1) is 11.3 Å². The summed E-state index contributed by atoms with van der Waals surface area (Å²) in [6, 6.07) is 8.82. The highest BCUT2D eigenvalue weighted by molar-refractivity contribution is 7.98. The van der Waals surface area contributed by atoms with Crippen LogP contribution in [0.4, 0.5) is 22.5 Å². The number of anilines is 4. The molecule has 1 aromatic carbocycles. The molecule has 0 saturated heterocycles. The van der Waals surface area contributed by atoms with E-state index in [4.69, 9.17) is 16.2 Å². The van der Waals surface area contributed by atoms with Crippen LogP contribution in [0, 0.1) is 0 Å². The van der Waals surface area contributed by atoms with E-state index in [0.29, 0.717) is 39.1 Å².